The lowest BCUT2D eigenvalue weighted by Gasteiger charge is -2.09. The van der Waals surface area contributed by atoms with Crippen LogP contribution in [-0.4, -0.2) is 32.6 Å². The number of ether oxygens (including phenoxy) is 2. The third-order valence-corrected chi connectivity index (χ3v) is 6.06. The van der Waals surface area contributed by atoms with Crippen molar-refractivity contribution in [3.05, 3.63) is 86.9 Å². The lowest BCUT2D eigenvalue weighted by atomic mass is 10.2. The maximum atomic E-state index is 12.8. The number of carbonyl (C=O) groups excluding carboxylic acids is 1. The number of aryl methyl sites for hydroxylation is 1. The predicted molar refractivity (Wildman–Crippen MR) is 134 cm³/mol. The van der Waals surface area contributed by atoms with E-state index in [-0.39, 0.29) is 18.3 Å². The Kier molecular flexibility index (Phi) is 7.23. The molecular weight excluding hydrogens is 522 g/mol. The number of nitrogens with zero attached hydrogens (tertiary/aromatic N) is 4. The maximum Gasteiger partial charge on any atom is 0.276 e. The Morgan fingerprint density at radius 3 is 2.74 bits per heavy atom. The summed E-state index contributed by atoms with van der Waals surface area (Å²) in [6.07, 6.45) is 1.69. The van der Waals surface area contributed by atoms with Crippen molar-refractivity contribution in [2.45, 2.75) is 27.1 Å². The molecule has 0 saturated heterocycles. The van der Waals surface area contributed by atoms with Crippen molar-refractivity contribution in [1.82, 2.24) is 19.6 Å². The Labute approximate surface area is 210 Å². The fourth-order valence-electron chi connectivity index (χ4n) is 3.44. The molecule has 8 nitrogen and oxygen atoms in total. The number of hydrogen-bond acceptors (Lipinski definition) is 5. The van der Waals surface area contributed by atoms with Crippen LogP contribution in [0.2, 0.25) is 5.02 Å². The highest BCUT2D eigenvalue weighted by Gasteiger charge is 2.17. The number of rotatable bonds is 8. The van der Waals surface area contributed by atoms with E-state index in [4.69, 9.17) is 21.1 Å². The Morgan fingerprint density at radius 2 is 1.97 bits per heavy atom. The summed E-state index contributed by atoms with van der Waals surface area (Å²) in [7, 11) is 1.64. The van der Waals surface area contributed by atoms with Crippen molar-refractivity contribution < 1.29 is 14.3 Å². The fraction of sp³-hybridized carbons (Fsp3) is 0.208. The highest BCUT2D eigenvalue weighted by Crippen LogP contribution is 2.28. The van der Waals surface area contributed by atoms with Crippen molar-refractivity contribution >= 4 is 39.1 Å². The number of nitrogens with one attached hydrogen (secondary N) is 1. The number of aromatic nitrogens is 4. The number of benzene rings is 2. The monoisotopic (exact) mass is 543 g/mol. The van der Waals surface area contributed by atoms with Gasteiger partial charge in [-0.25, -0.2) is 4.68 Å². The molecule has 1 amide bonds. The number of methoxy groups -OCH3 is 1. The smallest absolute Gasteiger partial charge is 0.276 e. The van der Waals surface area contributed by atoms with Gasteiger partial charge in [-0.2, -0.15) is 10.2 Å². The van der Waals surface area contributed by atoms with Gasteiger partial charge in [-0.15, -0.1) is 0 Å². The van der Waals surface area contributed by atoms with E-state index in [9.17, 15) is 4.79 Å². The maximum absolute atomic E-state index is 12.8. The van der Waals surface area contributed by atoms with Crippen LogP contribution < -0.4 is 14.8 Å². The third-order valence-electron chi connectivity index (χ3n) is 5.21. The van der Waals surface area contributed by atoms with Crippen molar-refractivity contribution in [3.63, 3.8) is 0 Å². The molecule has 0 atom stereocenters. The molecule has 2 aromatic heterocycles. The standard InChI is InChI=1S/C24H23BrClN5O3/c1-15-23(16(2)31(28-15)13-17-5-4-6-19(11-17)33-3)27-24(32)21-9-10-30(29-21)14-34-22-8-7-18(26)12-20(22)25/h4-12H,13-14H2,1-3H3,(H,27,32). The van der Waals surface area contributed by atoms with Crippen LogP contribution in [0.25, 0.3) is 0 Å². The molecule has 0 bridgehead atoms. The summed E-state index contributed by atoms with van der Waals surface area (Å²) in [5, 5.41) is 12.5. The molecule has 0 radical (unpaired) electrons. The molecule has 2 aromatic carbocycles. The molecule has 0 unspecified atom stereocenters. The lowest BCUT2D eigenvalue weighted by molar-refractivity contribution is 0.102. The molecule has 4 rings (SSSR count). The van der Waals surface area contributed by atoms with E-state index in [2.05, 4.69) is 31.4 Å². The summed E-state index contributed by atoms with van der Waals surface area (Å²) >= 11 is 9.37. The quantitative estimate of drug-likeness (QED) is 0.319. The SMILES string of the molecule is COc1cccc(Cn2nc(C)c(NC(=O)c3ccn(COc4ccc(Cl)cc4Br)n3)c2C)c1. The second-order valence-corrected chi connectivity index (χ2v) is 8.89. The number of halogens is 2. The van der Waals surface area contributed by atoms with Gasteiger partial charge in [0.15, 0.2) is 12.4 Å². The Morgan fingerprint density at radius 1 is 1.15 bits per heavy atom. The van der Waals surface area contributed by atoms with Crippen LogP contribution in [-0.2, 0) is 13.3 Å². The zero-order valence-corrected chi connectivity index (χ0v) is 21.2. The van der Waals surface area contributed by atoms with Gasteiger partial charge in [-0.05, 0) is 71.7 Å². The lowest BCUT2D eigenvalue weighted by Crippen LogP contribution is -2.15. The van der Waals surface area contributed by atoms with E-state index >= 15 is 0 Å². The minimum Gasteiger partial charge on any atom is -0.497 e. The Hall–Kier alpha value is -3.30. The van der Waals surface area contributed by atoms with E-state index in [0.29, 0.717) is 23.0 Å². The molecule has 1 N–H and O–H groups in total. The second kappa shape index (κ2) is 10.3. The normalized spacial score (nSPS) is 10.9. The van der Waals surface area contributed by atoms with Crippen LogP contribution >= 0.6 is 27.5 Å². The molecule has 0 aliphatic rings. The van der Waals surface area contributed by atoms with E-state index in [0.717, 1.165) is 27.2 Å². The van der Waals surface area contributed by atoms with Gasteiger partial charge in [0.1, 0.15) is 11.5 Å². The summed E-state index contributed by atoms with van der Waals surface area (Å²) in [5.41, 5.74) is 3.57. The molecule has 0 aliphatic carbocycles. The van der Waals surface area contributed by atoms with Crippen molar-refractivity contribution in [2.24, 2.45) is 0 Å². The highest BCUT2D eigenvalue weighted by molar-refractivity contribution is 9.10. The highest BCUT2D eigenvalue weighted by atomic mass is 79.9. The van der Waals surface area contributed by atoms with E-state index in [1.54, 1.807) is 42.3 Å². The minimum atomic E-state index is -0.321. The predicted octanol–water partition coefficient (Wildman–Crippen LogP) is 5.46. The van der Waals surface area contributed by atoms with Gasteiger partial charge >= 0.3 is 0 Å². The molecule has 0 spiro atoms. The van der Waals surface area contributed by atoms with Crippen LogP contribution in [0.5, 0.6) is 11.5 Å². The van der Waals surface area contributed by atoms with Gasteiger partial charge in [0.2, 0.25) is 0 Å². The largest absolute Gasteiger partial charge is 0.497 e. The first kappa shape index (κ1) is 23.8. The summed E-state index contributed by atoms with van der Waals surface area (Å²) < 4.78 is 15.2. The third kappa shape index (κ3) is 5.43. The van der Waals surface area contributed by atoms with Crippen molar-refractivity contribution in [2.75, 3.05) is 12.4 Å². The molecule has 0 fully saturated rings. The van der Waals surface area contributed by atoms with Gasteiger partial charge in [0.25, 0.3) is 5.91 Å². The second-order valence-electron chi connectivity index (χ2n) is 7.60. The topological polar surface area (TPSA) is 83.2 Å². The number of amides is 1. The van der Waals surface area contributed by atoms with Crippen LogP contribution in [0.1, 0.15) is 27.4 Å². The van der Waals surface area contributed by atoms with E-state index < -0.39 is 0 Å². The zero-order valence-electron chi connectivity index (χ0n) is 18.9. The first-order valence-electron chi connectivity index (χ1n) is 10.4. The van der Waals surface area contributed by atoms with Crippen LogP contribution in [0.15, 0.2) is 59.2 Å². The van der Waals surface area contributed by atoms with Gasteiger partial charge in [0.05, 0.1) is 35.2 Å². The first-order valence-corrected chi connectivity index (χ1v) is 11.6. The van der Waals surface area contributed by atoms with Crippen LogP contribution in [0, 0.1) is 13.8 Å². The van der Waals surface area contributed by atoms with Crippen molar-refractivity contribution in [3.8, 4) is 11.5 Å². The number of anilines is 1. The van der Waals surface area contributed by atoms with Gasteiger partial charge in [-0.1, -0.05) is 23.7 Å². The minimum absolute atomic E-state index is 0.143. The molecule has 176 valence electrons. The van der Waals surface area contributed by atoms with Gasteiger partial charge < -0.3 is 14.8 Å². The molecule has 10 heteroatoms. The number of carbonyl (C=O) groups is 1. The van der Waals surface area contributed by atoms with Gasteiger partial charge in [-0.3, -0.25) is 9.48 Å². The first-order chi connectivity index (χ1) is 16.3. The van der Waals surface area contributed by atoms with E-state index in [1.807, 2.05) is 42.8 Å². The van der Waals surface area contributed by atoms with Crippen LogP contribution in [0.3, 0.4) is 0 Å². The Bertz CT molecular complexity index is 1330. The molecule has 4 aromatic rings. The summed E-state index contributed by atoms with van der Waals surface area (Å²) in [6, 6.07) is 14.7. The number of hydrogen-bond donors (Lipinski definition) is 1. The molecule has 34 heavy (non-hydrogen) atoms. The molecule has 0 saturated carbocycles. The zero-order chi connectivity index (χ0) is 24.2. The molecule has 0 aliphatic heterocycles. The summed E-state index contributed by atoms with van der Waals surface area (Å²) in [5.74, 6) is 1.09. The average Bonchev–Trinajstić information content (AvgIpc) is 3.39. The van der Waals surface area contributed by atoms with Crippen LogP contribution in [0.4, 0.5) is 5.69 Å². The molecule has 2 heterocycles. The Balaban J connectivity index is 1.42. The molecular formula is C24H23BrClN5O3. The fourth-order valence-corrected chi connectivity index (χ4v) is 4.23. The van der Waals surface area contributed by atoms with E-state index in [1.165, 1.54) is 0 Å². The van der Waals surface area contributed by atoms with Crippen molar-refractivity contribution in [1.29, 1.82) is 0 Å². The van der Waals surface area contributed by atoms with Gasteiger partial charge in [0, 0.05) is 11.2 Å². The average molecular weight is 545 g/mol. The summed E-state index contributed by atoms with van der Waals surface area (Å²) in [6.45, 7) is 4.49. The summed E-state index contributed by atoms with van der Waals surface area (Å²) in [4.78, 5) is 12.8.